The molecule has 4 heteroatoms. The quantitative estimate of drug-likeness (QED) is 0.650. The molecule has 14 heavy (non-hydrogen) atoms. The van der Waals surface area contributed by atoms with E-state index in [1.807, 2.05) is 0 Å². The first-order valence-corrected chi connectivity index (χ1v) is 5.24. The van der Waals surface area contributed by atoms with Crippen molar-refractivity contribution in [1.82, 2.24) is 5.32 Å². The summed E-state index contributed by atoms with van der Waals surface area (Å²) in [5.74, 6) is 0.484. The second kappa shape index (κ2) is 4.28. The molecule has 0 aromatic heterocycles. The van der Waals surface area contributed by atoms with Gasteiger partial charge in [0.25, 0.3) is 0 Å². The van der Waals surface area contributed by atoms with E-state index in [-0.39, 0.29) is 12.0 Å². The van der Waals surface area contributed by atoms with Gasteiger partial charge in [-0.2, -0.15) is 0 Å². The third-order valence-corrected chi connectivity index (χ3v) is 3.20. The number of esters is 1. The molecule has 0 aromatic carbocycles. The Hall–Kier alpha value is -0.610. The topological polar surface area (TPSA) is 47.6 Å². The van der Waals surface area contributed by atoms with Crippen LogP contribution in [0.25, 0.3) is 0 Å². The molecule has 1 aliphatic carbocycles. The molecule has 1 saturated heterocycles. The number of morpholine rings is 1. The molecule has 80 valence electrons. The van der Waals surface area contributed by atoms with Crippen LogP contribution in [0, 0.1) is 5.92 Å². The molecule has 4 nitrogen and oxygen atoms in total. The Balaban J connectivity index is 1.76. The number of carbonyl (C=O) groups excluding carboxylic acids is 1. The highest BCUT2D eigenvalue weighted by Gasteiger charge is 2.33. The predicted octanol–water partition coefficient (Wildman–Crippen LogP) is 0.316. The van der Waals surface area contributed by atoms with Crippen LogP contribution in [0.1, 0.15) is 19.3 Å². The van der Waals surface area contributed by atoms with Gasteiger partial charge in [-0.15, -0.1) is 0 Å². The molecular formula is C10H17NO3. The summed E-state index contributed by atoms with van der Waals surface area (Å²) in [6.07, 6.45) is 4.18. The Morgan fingerprint density at radius 1 is 1.50 bits per heavy atom. The van der Waals surface area contributed by atoms with E-state index in [4.69, 9.17) is 4.74 Å². The zero-order valence-corrected chi connectivity index (χ0v) is 8.49. The first-order chi connectivity index (χ1) is 6.81. The molecule has 0 spiro atoms. The van der Waals surface area contributed by atoms with Gasteiger partial charge in [0.05, 0.1) is 19.8 Å². The summed E-state index contributed by atoms with van der Waals surface area (Å²) in [5.41, 5.74) is 0. The van der Waals surface area contributed by atoms with Crippen molar-refractivity contribution in [3.05, 3.63) is 0 Å². The molecule has 0 aromatic rings. The Labute approximate surface area is 84.0 Å². The van der Waals surface area contributed by atoms with Gasteiger partial charge in [0, 0.05) is 6.54 Å². The lowest BCUT2D eigenvalue weighted by atomic mass is 9.80. The molecule has 2 aliphatic rings. The molecule has 1 aliphatic heterocycles. The van der Waals surface area contributed by atoms with Crippen LogP contribution >= 0.6 is 0 Å². The normalized spacial score (nSPS) is 33.5. The summed E-state index contributed by atoms with van der Waals surface area (Å²) in [6.45, 7) is 1.23. The highest BCUT2D eigenvalue weighted by Crippen LogP contribution is 2.31. The van der Waals surface area contributed by atoms with E-state index in [0.29, 0.717) is 18.6 Å². The number of carbonyl (C=O) groups is 1. The molecule has 2 fully saturated rings. The number of ether oxygens (including phenoxy) is 2. The number of methoxy groups -OCH3 is 1. The van der Waals surface area contributed by atoms with E-state index in [1.165, 1.54) is 26.4 Å². The minimum absolute atomic E-state index is 0.225. The van der Waals surface area contributed by atoms with Crippen LogP contribution in [0.4, 0.5) is 0 Å². The van der Waals surface area contributed by atoms with Crippen molar-refractivity contribution in [2.45, 2.75) is 31.4 Å². The van der Waals surface area contributed by atoms with Crippen molar-refractivity contribution < 1.29 is 14.3 Å². The summed E-state index contributed by atoms with van der Waals surface area (Å²) in [7, 11) is 1.40. The van der Waals surface area contributed by atoms with Crippen molar-refractivity contribution in [2.24, 2.45) is 5.92 Å². The first-order valence-electron chi connectivity index (χ1n) is 5.24. The van der Waals surface area contributed by atoms with E-state index in [0.717, 1.165) is 6.54 Å². The molecular weight excluding hydrogens is 182 g/mol. The maximum absolute atomic E-state index is 11.2. The Morgan fingerprint density at radius 2 is 2.29 bits per heavy atom. The van der Waals surface area contributed by atoms with Gasteiger partial charge < -0.3 is 9.47 Å². The Morgan fingerprint density at radius 3 is 2.71 bits per heavy atom. The number of rotatable bonds is 2. The maximum atomic E-state index is 11.2. The van der Waals surface area contributed by atoms with Crippen molar-refractivity contribution in [1.29, 1.82) is 0 Å². The van der Waals surface area contributed by atoms with Gasteiger partial charge in [-0.1, -0.05) is 6.42 Å². The summed E-state index contributed by atoms with van der Waals surface area (Å²) in [4.78, 5) is 11.2. The second-order valence-corrected chi connectivity index (χ2v) is 4.05. The summed E-state index contributed by atoms with van der Waals surface area (Å²) in [5, 5.41) is 3.17. The van der Waals surface area contributed by atoms with Crippen LogP contribution in [-0.4, -0.2) is 38.4 Å². The highest BCUT2D eigenvalue weighted by molar-refractivity contribution is 5.75. The third-order valence-electron chi connectivity index (χ3n) is 3.20. The molecule has 2 atom stereocenters. The van der Waals surface area contributed by atoms with Crippen LogP contribution < -0.4 is 5.32 Å². The van der Waals surface area contributed by atoms with Crippen LogP contribution in [0.2, 0.25) is 0 Å². The lowest BCUT2D eigenvalue weighted by molar-refractivity contribution is -0.149. The van der Waals surface area contributed by atoms with Gasteiger partial charge in [0.2, 0.25) is 0 Å². The fourth-order valence-electron chi connectivity index (χ4n) is 2.00. The number of nitrogens with one attached hydrogen (secondary N) is 1. The second-order valence-electron chi connectivity index (χ2n) is 4.05. The minimum Gasteiger partial charge on any atom is -0.468 e. The third kappa shape index (κ3) is 1.91. The molecule has 1 N–H and O–H groups in total. The molecule has 0 amide bonds. The Kier molecular flexibility index (Phi) is 3.03. The van der Waals surface area contributed by atoms with Crippen LogP contribution in [0.3, 0.4) is 0 Å². The predicted molar refractivity (Wildman–Crippen MR) is 50.9 cm³/mol. The van der Waals surface area contributed by atoms with Crippen LogP contribution in [-0.2, 0) is 14.3 Å². The van der Waals surface area contributed by atoms with E-state index < -0.39 is 0 Å². The van der Waals surface area contributed by atoms with Crippen molar-refractivity contribution >= 4 is 5.97 Å². The number of hydrogen-bond donors (Lipinski definition) is 1. The number of hydrogen-bond acceptors (Lipinski definition) is 4. The Bertz CT molecular complexity index is 207. The molecule has 2 rings (SSSR count). The standard InChI is InChI=1S/C10H17NO3/c1-13-10(12)8-6-14-9(5-11-8)7-3-2-4-7/h7-9,11H,2-6H2,1H3. The maximum Gasteiger partial charge on any atom is 0.325 e. The van der Waals surface area contributed by atoms with Gasteiger partial charge in [-0.05, 0) is 18.8 Å². The van der Waals surface area contributed by atoms with Crippen molar-refractivity contribution in [2.75, 3.05) is 20.3 Å². The molecule has 1 heterocycles. The summed E-state index contributed by atoms with van der Waals surface area (Å²) in [6, 6.07) is -0.267. The smallest absolute Gasteiger partial charge is 0.325 e. The first kappa shape index (κ1) is 9.93. The lowest BCUT2D eigenvalue weighted by Gasteiger charge is -2.38. The molecule has 0 radical (unpaired) electrons. The minimum atomic E-state index is -0.267. The van der Waals surface area contributed by atoms with Crippen molar-refractivity contribution in [3.8, 4) is 0 Å². The summed E-state index contributed by atoms with van der Waals surface area (Å²) >= 11 is 0. The lowest BCUT2D eigenvalue weighted by Crippen LogP contribution is -2.53. The van der Waals surface area contributed by atoms with Crippen LogP contribution in [0.15, 0.2) is 0 Å². The summed E-state index contributed by atoms with van der Waals surface area (Å²) < 4.78 is 10.3. The molecule has 0 bridgehead atoms. The van der Waals surface area contributed by atoms with Gasteiger partial charge in [-0.25, -0.2) is 0 Å². The fourth-order valence-corrected chi connectivity index (χ4v) is 2.00. The van der Waals surface area contributed by atoms with Gasteiger partial charge >= 0.3 is 5.97 Å². The zero-order chi connectivity index (χ0) is 9.97. The zero-order valence-electron chi connectivity index (χ0n) is 8.49. The van der Waals surface area contributed by atoms with Crippen molar-refractivity contribution in [3.63, 3.8) is 0 Å². The van der Waals surface area contributed by atoms with Gasteiger partial charge in [-0.3, -0.25) is 10.1 Å². The largest absolute Gasteiger partial charge is 0.468 e. The molecule has 2 unspecified atom stereocenters. The van der Waals surface area contributed by atoms with E-state index in [1.54, 1.807) is 0 Å². The average Bonchev–Trinajstić information content (AvgIpc) is 2.15. The van der Waals surface area contributed by atoms with E-state index >= 15 is 0 Å². The average molecular weight is 199 g/mol. The van der Waals surface area contributed by atoms with E-state index in [9.17, 15) is 4.79 Å². The highest BCUT2D eigenvalue weighted by atomic mass is 16.5. The van der Waals surface area contributed by atoms with Crippen LogP contribution in [0.5, 0.6) is 0 Å². The van der Waals surface area contributed by atoms with E-state index in [2.05, 4.69) is 10.1 Å². The molecule has 1 saturated carbocycles. The monoisotopic (exact) mass is 199 g/mol. The fraction of sp³-hybridized carbons (Fsp3) is 0.900. The SMILES string of the molecule is COC(=O)C1COC(C2CCC2)CN1. The van der Waals surface area contributed by atoms with Gasteiger partial charge in [0.15, 0.2) is 0 Å². The van der Waals surface area contributed by atoms with Gasteiger partial charge in [0.1, 0.15) is 6.04 Å².